The molecule has 1 aromatic carbocycles. The summed E-state index contributed by atoms with van der Waals surface area (Å²) in [5.41, 5.74) is 3.15. The first kappa shape index (κ1) is 15.6. The summed E-state index contributed by atoms with van der Waals surface area (Å²) in [5.74, 6) is -1.55. The lowest BCUT2D eigenvalue weighted by atomic mass is 9.94. The van der Waals surface area contributed by atoms with Crippen LogP contribution in [-0.2, 0) is 11.3 Å². The van der Waals surface area contributed by atoms with Crippen LogP contribution in [0.25, 0.3) is 11.3 Å². The third-order valence-electron chi connectivity index (χ3n) is 4.30. The zero-order chi connectivity index (χ0) is 16.2. The number of carboxylic acids is 1. The van der Waals surface area contributed by atoms with E-state index in [4.69, 9.17) is 5.11 Å². The molecule has 5 nitrogen and oxygen atoms in total. The number of benzene rings is 1. The second-order valence-electron chi connectivity index (χ2n) is 5.95. The molecule has 0 unspecified atom stereocenters. The van der Waals surface area contributed by atoms with E-state index in [9.17, 15) is 9.90 Å². The van der Waals surface area contributed by atoms with E-state index in [0.29, 0.717) is 26.1 Å². The largest absolute Gasteiger partial charge is 0.481 e. The number of likely N-dealkylation sites (tertiary alicyclic amines) is 1. The number of carbonyl (C=O) groups is 1. The zero-order valence-electron chi connectivity index (χ0n) is 12.8. The standard InChI is InChI=1S/C18H20N2O3/c21-17-12-20(10-8-15(17)18(22)23)11-13-4-6-14(7-5-13)16-3-1-2-9-19-16/h1-7,9,15,17,21H,8,10-12H2,(H,22,23)/t15-,17+/m0/s1. The van der Waals surface area contributed by atoms with Crippen molar-refractivity contribution in [3.63, 3.8) is 0 Å². The van der Waals surface area contributed by atoms with Gasteiger partial charge in [0.15, 0.2) is 0 Å². The van der Waals surface area contributed by atoms with Crippen LogP contribution in [0.5, 0.6) is 0 Å². The molecule has 1 aromatic heterocycles. The summed E-state index contributed by atoms with van der Waals surface area (Å²) in [6.45, 7) is 1.81. The van der Waals surface area contributed by atoms with Gasteiger partial charge in [-0.25, -0.2) is 0 Å². The first-order valence-corrected chi connectivity index (χ1v) is 7.77. The number of aromatic nitrogens is 1. The van der Waals surface area contributed by atoms with Gasteiger partial charge < -0.3 is 10.2 Å². The Morgan fingerprint density at radius 1 is 1.22 bits per heavy atom. The second-order valence-corrected chi connectivity index (χ2v) is 5.95. The summed E-state index contributed by atoms with van der Waals surface area (Å²) in [4.78, 5) is 17.4. The van der Waals surface area contributed by atoms with E-state index in [0.717, 1.165) is 16.8 Å². The number of pyridine rings is 1. The van der Waals surface area contributed by atoms with Crippen molar-refractivity contribution in [1.29, 1.82) is 0 Å². The molecular formula is C18H20N2O3. The molecule has 2 atom stereocenters. The lowest BCUT2D eigenvalue weighted by Crippen LogP contribution is -2.46. The molecule has 0 radical (unpaired) electrons. The van der Waals surface area contributed by atoms with Gasteiger partial charge in [-0.1, -0.05) is 30.3 Å². The molecule has 3 rings (SSSR count). The van der Waals surface area contributed by atoms with Gasteiger partial charge in [0, 0.05) is 24.8 Å². The highest BCUT2D eigenvalue weighted by molar-refractivity contribution is 5.70. The van der Waals surface area contributed by atoms with Gasteiger partial charge in [0.1, 0.15) is 0 Å². The van der Waals surface area contributed by atoms with Gasteiger partial charge in [-0.2, -0.15) is 0 Å². The van der Waals surface area contributed by atoms with Crippen LogP contribution in [0.3, 0.4) is 0 Å². The quantitative estimate of drug-likeness (QED) is 0.903. The summed E-state index contributed by atoms with van der Waals surface area (Å²) < 4.78 is 0. The Balaban J connectivity index is 1.62. The molecule has 0 spiro atoms. The molecule has 2 aromatic rings. The third kappa shape index (κ3) is 3.75. The summed E-state index contributed by atoms with van der Waals surface area (Å²) >= 11 is 0. The lowest BCUT2D eigenvalue weighted by Gasteiger charge is -2.33. The molecule has 1 aliphatic rings. The van der Waals surface area contributed by atoms with Crippen molar-refractivity contribution in [3.8, 4) is 11.3 Å². The molecule has 23 heavy (non-hydrogen) atoms. The van der Waals surface area contributed by atoms with E-state index in [1.165, 1.54) is 0 Å². The fourth-order valence-electron chi connectivity index (χ4n) is 3.00. The summed E-state index contributed by atoms with van der Waals surface area (Å²) in [5, 5.41) is 19.0. The van der Waals surface area contributed by atoms with E-state index < -0.39 is 18.0 Å². The summed E-state index contributed by atoms with van der Waals surface area (Å²) in [6, 6.07) is 14.0. The molecule has 120 valence electrons. The summed E-state index contributed by atoms with van der Waals surface area (Å²) in [6.07, 6.45) is 1.47. The number of β-amino-alcohol motifs (C(OH)–C–C–N with tert-alkyl or cyclic N) is 1. The predicted octanol–water partition coefficient (Wildman–Crippen LogP) is 2.02. The van der Waals surface area contributed by atoms with Crippen LogP contribution in [0, 0.1) is 5.92 Å². The van der Waals surface area contributed by atoms with Gasteiger partial charge in [-0.15, -0.1) is 0 Å². The molecule has 1 fully saturated rings. The van der Waals surface area contributed by atoms with Gasteiger partial charge in [0.05, 0.1) is 17.7 Å². The molecule has 1 saturated heterocycles. The van der Waals surface area contributed by atoms with Gasteiger partial charge >= 0.3 is 5.97 Å². The molecule has 0 bridgehead atoms. The Hall–Kier alpha value is -2.24. The minimum absolute atomic E-state index is 0.402. The number of piperidine rings is 1. The van der Waals surface area contributed by atoms with E-state index in [1.54, 1.807) is 6.20 Å². The number of carboxylic acid groups (broad SMARTS) is 1. The Morgan fingerprint density at radius 3 is 2.61 bits per heavy atom. The second kappa shape index (κ2) is 6.89. The van der Waals surface area contributed by atoms with Crippen LogP contribution in [0.15, 0.2) is 48.7 Å². The number of nitrogens with zero attached hydrogens (tertiary/aromatic N) is 2. The highest BCUT2D eigenvalue weighted by Crippen LogP contribution is 2.21. The van der Waals surface area contributed by atoms with Crippen LogP contribution in [0.2, 0.25) is 0 Å². The Kier molecular flexibility index (Phi) is 4.69. The van der Waals surface area contributed by atoms with Crippen LogP contribution >= 0.6 is 0 Å². The normalized spacial score (nSPS) is 22.0. The van der Waals surface area contributed by atoms with E-state index >= 15 is 0 Å². The number of aliphatic carboxylic acids is 1. The SMILES string of the molecule is O=C(O)[C@H]1CCN(Cc2ccc(-c3ccccn3)cc2)C[C@H]1O. The minimum Gasteiger partial charge on any atom is -0.481 e. The number of aliphatic hydroxyl groups is 1. The van der Waals surface area contributed by atoms with Crippen molar-refractivity contribution in [2.45, 2.75) is 19.1 Å². The van der Waals surface area contributed by atoms with Crippen LogP contribution < -0.4 is 0 Å². The van der Waals surface area contributed by atoms with E-state index in [1.807, 2.05) is 30.3 Å². The van der Waals surface area contributed by atoms with Crippen molar-refractivity contribution in [3.05, 3.63) is 54.2 Å². The zero-order valence-corrected chi connectivity index (χ0v) is 12.8. The first-order chi connectivity index (χ1) is 11.1. The molecule has 0 aliphatic carbocycles. The molecule has 2 heterocycles. The predicted molar refractivity (Wildman–Crippen MR) is 86.7 cm³/mol. The van der Waals surface area contributed by atoms with Gasteiger partial charge in [-0.05, 0) is 30.7 Å². The molecular weight excluding hydrogens is 292 g/mol. The van der Waals surface area contributed by atoms with Gasteiger partial charge in [0.25, 0.3) is 0 Å². The number of hydrogen-bond donors (Lipinski definition) is 2. The maximum atomic E-state index is 11.0. The number of hydrogen-bond acceptors (Lipinski definition) is 4. The van der Waals surface area contributed by atoms with Gasteiger partial charge in [0.2, 0.25) is 0 Å². The van der Waals surface area contributed by atoms with Crippen molar-refractivity contribution in [2.24, 2.45) is 5.92 Å². The van der Waals surface area contributed by atoms with Crippen molar-refractivity contribution >= 4 is 5.97 Å². The Morgan fingerprint density at radius 2 is 2.00 bits per heavy atom. The average Bonchev–Trinajstić information content (AvgIpc) is 2.56. The molecule has 0 amide bonds. The maximum absolute atomic E-state index is 11.0. The topological polar surface area (TPSA) is 73.7 Å². The van der Waals surface area contributed by atoms with E-state index in [-0.39, 0.29) is 0 Å². The van der Waals surface area contributed by atoms with Crippen molar-refractivity contribution in [1.82, 2.24) is 9.88 Å². The van der Waals surface area contributed by atoms with Crippen LogP contribution in [-0.4, -0.2) is 45.3 Å². The number of rotatable bonds is 4. The lowest BCUT2D eigenvalue weighted by molar-refractivity contribution is -0.148. The Bertz CT molecular complexity index is 658. The average molecular weight is 312 g/mol. The number of aliphatic hydroxyl groups excluding tert-OH is 1. The van der Waals surface area contributed by atoms with Crippen LogP contribution in [0.1, 0.15) is 12.0 Å². The molecule has 1 aliphatic heterocycles. The fourth-order valence-corrected chi connectivity index (χ4v) is 3.00. The third-order valence-corrected chi connectivity index (χ3v) is 4.30. The Labute approximate surface area is 135 Å². The smallest absolute Gasteiger partial charge is 0.309 e. The van der Waals surface area contributed by atoms with Gasteiger partial charge in [-0.3, -0.25) is 14.7 Å². The summed E-state index contributed by atoms with van der Waals surface area (Å²) in [7, 11) is 0. The monoisotopic (exact) mass is 312 g/mol. The van der Waals surface area contributed by atoms with Crippen molar-refractivity contribution < 1.29 is 15.0 Å². The fraction of sp³-hybridized carbons (Fsp3) is 0.333. The highest BCUT2D eigenvalue weighted by Gasteiger charge is 2.32. The maximum Gasteiger partial charge on any atom is 0.309 e. The molecule has 5 heteroatoms. The van der Waals surface area contributed by atoms with E-state index in [2.05, 4.69) is 22.0 Å². The van der Waals surface area contributed by atoms with Crippen molar-refractivity contribution in [2.75, 3.05) is 13.1 Å². The van der Waals surface area contributed by atoms with Crippen LogP contribution in [0.4, 0.5) is 0 Å². The highest BCUT2D eigenvalue weighted by atomic mass is 16.4. The minimum atomic E-state index is -0.906. The first-order valence-electron chi connectivity index (χ1n) is 7.77. The molecule has 2 N–H and O–H groups in total. The molecule has 0 saturated carbocycles.